The zero-order valence-electron chi connectivity index (χ0n) is 15.1. The summed E-state index contributed by atoms with van der Waals surface area (Å²) in [5.74, 6) is 0.116. The number of benzene rings is 2. The fourth-order valence-corrected chi connectivity index (χ4v) is 3.59. The van der Waals surface area contributed by atoms with Gasteiger partial charge in [0.1, 0.15) is 22.4 Å². The monoisotopic (exact) mass is 417 g/mol. The van der Waals surface area contributed by atoms with Crippen molar-refractivity contribution in [2.75, 3.05) is 0 Å². The van der Waals surface area contributed by atoms with Gasteiger partial charge in [0.2, 0.25) is 0 Å². The maximum Gasteiger partial charge on any atom is 0.345 e. The van der Waals surface area contributed by atoms with E-state index in [4.69, 9.17) is 4.42 Å². The van der Waals surface area contributed by atoms with Gasteiger partial charge in [-0.15, -0.1) is 11.3 Å². The summed E-state index contributed by atoms with van der Waals surface area (Å²) < 4.78 is 5.27. The van der Waals surface area contributed by atoms with E-state index < -0.39 is 10.5 Å². The molecule has 146 valence electrons. The van der Waals surface area contributed by atoms with Crippen LogP contribution in [0.2, 0.25) is 0 Å². The molecule has 0 fully saturated rings. The maximum absolute atomic E-state index is 12.4. The normalized spacial score (nSPS) is 11.4. The minimum atomic E-state index is -0.630. The molecule has 0 amide bonds. The number of allylic oxidation sites excluding steroid dienone is 1. The van der Waals surface area contributed by atoms with Crippen molar-refractivity contribution in [2.24, 2.45) is 0 Å². The lowest BCUT2D eigenvalue weighted by Gasteiger charge is -2.00. The first-order valence-corrected chi connectivity index (χ1v) is 9.42. The number of nitro benzene ring substituents is 1. The van der Waals surface area contributed by atoms with Gasteiger partial charge in [-0.05, 0) is 35.9 Å². The third kappa shape index (κ3) is 3.67. The van der Waals surface area contributed by atoms with E-state index in [0.29, 0.717) is 21.7 Å². The van der Waals surface area contributed by atoms with Crippen LogP contribution < -0.4 is 5.63 Å². The molecule has 4 rings (SSSR count). The van der Waals surface area contributed by atoms with E-state index in [1.165, 1.54) is 47.7 Å². The van der Waals surface area contributed by atoms with Crippen molar-refractivity contribution < 1.29 is 14.4 Å². The SMILES string of the molecule is N#C/C(=C\c1ccc(O)cc1)c1nc(-c2cc3cc([N+](=O)[O-])ccc3oc2=O)cs1. The van der Waals surface area contributed by atoms with Crippen LogP contribution in [0.1, 0.15) is 10.6 Å². The number of fused-ring (bicyclic) bond motifs is 1. The molecule has 0 unspecified atom stereocenters. The van der Waals surface area contributed by atoms with Crippen molar-refractivity contribution >= 4 is 39.6 Å². The highest BCUT2D eigenvalue weighted by Gasteiger charge is 2.15. The highest BCUT2D eigenvalue weighted by molar-refractivity contribution is 7.11. The van der Waals surface area contributed by atoms with Gasteiger partial charge in [-0.3, -0.25) is 10.1 Å². The maximum atomic E-state index is 12.4. The number of hydrogen-bond acceptors (Lipinski definition) is 8. The summed E-state index contributed by atoms with van der Waals surface area (Å²) in [5.41, 5.74) is 0.932. The van der Waals surface area contributed by atoms with Gasteiger partial charge in [-0.25, -0.2) is 9.78 Å². The molecule has 0 spiro atoms. The molecule has 2 aromatic heterocycles. The Labute approximate surface area is 172 Å². The van der Waals surface area contributed by atoms with E-state index in [0.717, 1.165) is 0 Å². The number of phenolic OH excluding ortho intramolecular Hbond substituents is 1. The molecule has 8 nitrogen and oxygen atoms in total. The van der Waals surface area contributed by atoms with E-state index in [1.807, 2.05) is 0 Å². The molecule has 9 heteroatoms. The second-order valence-electron chi connectivity index (χ2n) is 6.23. The molecule has 0 radical (unpaired) electrons. The van der Waals surface area contributed by atoms with Crippen LogP contribution in [0, 0.1) is 21.4 Å². The summed E-state index contributed by atoms with van der Waals surface area (Å²) >= 11 is 1.18. The lowest BCUT2D eigenvalue weighted by atomic mass is 10.1. The van der Waals surface area contributed by atoms with E-state index in [1.54, 1.807) is 23.6 Å². The average molecular weight is 417 g/mol. The number of rotatable bonds is 4. The number of phenols is 1. The summed E-state index contributed by atoms with van der Waals surface area (Å²) in [6, 6.07) is 13.9. The summed E-state index contributed by atoms with van der Waals surface area (Å²) in [6.45, 7) is 0. The predicted molar refractivity (Wildman–Crippen MR) is 112 cm³/mol. The number of nitrogens with zero attached hydrogens (tertiary/aromatic N) is 3. The first-order chi connectivity index (χ1) is 14.4. The van der Waals surface area contributed by atoms with E-state index in [9.17, 15) is 25.3 Å². The summed E-state index contributed by atoms with van der Waals surface area (Å²) in [4.78, 5) is 27.2. The topological polar surface area (TPSA) is 130 Å². The fourth-order valence-electron chi connectivity index (χ4n) is 2.80. The van der Waals surface area contributed by atoms with Gasteiger partial charge in [0.15, 0.2) is 0 Å². The number of aromatic hydroxyl groups is 1. The first kappa shape index (κ1) is 19.0. The molecule has 0 aliphatic heterocycles. The number of aromatic nitrogens is 1. The zero-order valence-corrected chi connectivity index (χ0v) is 15.9. The van der Waals surface area contributed by atoms with Crippen molar-refractivity contribution in [3.8, 4) is 23.1 Å². The molecule has 30 heavy (non-hydrogen) atoms. The number of nitro groups is 1. The van der Waals surface area contributed by atoms with Crippen LogP contribution in [0.5, 0.6) is 5.75 Å². The Kier molecular flexibility index (Phi) is 4.83. The summed E-state index contributed by atoms with van der Waals surface area (Å²) in [5, 5.41) is 32.3. The van der Waals surface area contributed by atoms with Crippen LogP contribution in [0.25, 0.3) is 33.9 Å². The minimum Gasteiger partial charge on any atom is -0.508 e. The molecular weight excluding hydrogens is 406 g/mol. The number of thiazole rings is 1. The molecule has 2 heterocycles. The Balaban J connectivity index is 1.75. The second-order valence-corrected chi connectivity index (χ2v) is 7.08. The Morgan fingerprint density at radius 3 is 2.70 bits per heavy atom. The van der Waals surface area contributed by atoms with Gasteiger partial charge in [0.05, 0.1) is 21.8 Å². The van der Waals surface area contributed by atoms with Crippen molar-refractivity contribution in [1.82, 2.24) is 4.98 Å². The number of non-ortho nitro benzene ring substituents is 1. The minimum absolute atomic E-state index is 0.116. The highest BCUT2D eigenvalue weighted by atomic mass is 32.1. The predicted octanol–water partition coefficient (Wildman–Crippen LogP) is 4.59. The van der Waals surface area contributed by atoms with Gasteiger partial charge in [-0.1, -0.05) is 12.1 Å². The molecule has 0 aliphatic rings. The molecule has 1 N–H and O–H groups in total. The molecular formula is C21H11N3O5S. The van der Waals surface area contributed by atoms with Crippen LogP contribution in [0.3, 0.4) is 0 Å². The standard InChI is InChI=1S/C21H11N3O5S/c22-10-14(7-12-1-4-16(25)5-2-12)20-23-18(11-30-20)17-9-13-8-15(24(27)28)3-6-19(13)29-21(17)26/h1-9,11,25H/b14-7+. The summed E-state index contributed by atoms with van der Waals surface area (Å²) in [7, 11) is 0. The molecule has 0 aliphatic carbocycles. The van der Waals surface area contributed by atoms with Crippen LogP contribution in [-0.2, 0) is 0 Å². The number of nitriles is 1. The molecule has 0 saturated carbocycles. The lowest BCUT2D eigenvalue weighted by molar-refractivity contribution is -0.384. The van der Waals surface area contributed by atoms with Gasteiger partial charge in [-0.2, -0.15) is 5.26 Å². The van der Waals surface area contributed by atoms with Crippen molar-refractivity contribution in [3.63, 3.8) is 0 Å². The molecule has 0 saturated heterocycles. The third-order valence-corrected chi connectivity index (χ3v) is 5.14. The van der Waals surface area contributed by atoms with Crippen LogP contribution in [0.15, 0.2) is 63.1 Å². The second kappa shape index (κ2) is 7.62. The molecule has 0 atom stereocenters. The van der Waals surface area contributed by atoms with Crippen molar-refractivity contribution in [2.45, 2.75) is 0 Å². The smallest absolute Gasteiger partial charge is 0.345 e. The van der Waals surface area contributed by atoms with E-state index in [2.05, 4.69) is 11.1 Å². The Bertz CT molecular complexity index is 1410. The van der Waals surface area contributed by atoms with Crippen LogP contribution >= 0.6 is 11.3 Å². The lowest BCUT2D eigenvalue weighted by Crippen LogP contribution is -2.03. The summed E-state index contributed by atoms with van der Waals surface area (Å²) in [6.07, 6.45) is 1.62. The van der Waals surface area contributed by atoms with Crippen molar-refractivity contribution in [1.29, 1.82) is 5.26 Å². The average Bonchev–Trinajstić information content (AvgIpc) is 3.22. The quantitative estimate of drug-likeness (QED) is 0.222. The largest absolute Gasteiger partial charge is 0.508 e. The van der Waals surface area contributed by atoms with Crippen LogP contribution in [0.4, 0.5) is 5.69 Å². The van der Waals surface area contributed by atoms with Crippen LogP contribution in [-0.4, -0.2) is 15.0 Å². The zero-order chi connectivity index (χ0) is 21.3. The Morgan fingerprint density at radius 1 is 1.23 bits per heavy atom. The van der Waals surface area contributed by atoms with E-state index in [-0.39, 0.29) is 28.2 Å². The first-order valence-electron chi connectivity index (χ1n) is 8.54. The van der Waals surface area contributed by atoms with Gasteiger partial charge in [0.25, 0.3) is 5.69 Å². The van der Waals surface area contributed by atoms with Gasteiger partial charge in [0, 0.05) is 22.9 Å². The van der Waals surface area contributed by atoms with Crippen molar-refractivity contribution in [3.05, 3.63) is 85.0 Å². The number of hydrogen-bond donors (Lipinski definition) is 1. The Hall–Kier alpha value is -4.29. The third-order valence-electron chi connectivity index (χ3n) is 4.26. The fraction of sp³-hybridized carbons (Fsp3) is 0. The molecule has 0 bridgehead atoms. The van der Waals surface area contributed by atoms with Gasteiger partial charge < -0.3 is 9.52 Å². The van der Waals surface area contributed by atoms with E-state index >= 15 is 0 Å². The molecule has 2 aromatic carbocycles. The highest BCUT2D eigenvalue weighted by Crippen LogP contribution is 2.28. The Morgan fingerprint density at radius 2 is 2.00 bits per heavy atom. The molecule has 4 aromatic rings. The van der Waals surface area contributed by atoms with Gasteiger partial charge >= 0.3 is 5.63 Å².